The van der Waals surface area contributed by atoms with Crippen molar-refractivity contribution in [1.82, 2.24) is 30.1 Å². The van der Waals surface area contributed by atoms with Crippen molar-refractivity contribution in [1.29, 1.82) is 0 Å². The van der Waals surface area contributed by atoms with E-state index >= 15 is 0 Å². The van der Waals surface area contributed by atoms with Gasteiger partial charge in [-0.2, -0.15) is 18.0 Å². The second kappa shape index (κ2) is 8.53. The molecule has 3 aromatic rings. The van der Waals surface area contributed by atoms with E-state index in [1.807, 2.05) is 4.90 Å². The Balaban J connectivity index is 1.41. The molecule has 168 valence electrons. The number of anilines is 1. The molecule has 1 N–H and O–H groups in total. The third kappa shape index (κ3) is 4.54. The van der Waals surface area contributed by atoms with Crippen LogP contribution in [-0.4, -0.2) is 73.3 Å². The molecule has 0 aliphatic carbocycles. The highest BCUT2D eigenvalue weighted by molar-refractivity contribution is 7.18. The number of carbonyl (C=O) groups is 2. The second-order valence-corrected chi connectivity index (χ2v) is 7.88. The van der Waals surface area contributed by atoms with Gasteiger partial charge in [0.25, 0.3) is 5.91 Å². The van der Waals surface area contributed by atoms with Gasteiger partial charge in [0.1, 0.15) is 0 Å². The molecule has 14 heteroatoms. The smallest absolute Gasteiger partial charge is 0.417 e. The number of thiazole rings is 1. The summed E-state index contributed by atoms with van der Waals surface area (Å²) in [6, 6.07) is 4.76. The molecule has 1 aromatic carbocycles. The lowest BCUT2D eigenvalue weighted by Gasteiger charge is -2.35. The number of tetrazole rings is 1. The van der Waals surface area contributed by atoms with Crippen LogP contribution in [0.2, 0.25) is 0 Å². The van der Waals surface area contributed by atoms with Crippen molar-refractivity contribution in [3.63, 3.8) is 0 Å². The Hall–Kier alpha value is -3.55. The van der Waals surface area contributed by atoms with E-state index in [4.69, 9.17) is 5.11 Å². The number of alkyl halides is 3. The first-order valence-electron chi connectivity index (χ1n) is 9.38. The minimum Gasteiger partial charge on any atom is -0.480 e. The molecule has 1 aliphatic rings. The summed E-state index contributed by atoms with van der Waals surface area (Å²) >= 11 is 1.27. The number of aromatic nitrogens is 5. The lowest BCUT2D eigenvalue weighted by molar-refractivity contribution is -0.139. The molecule has 1 fully saturated rings. The van der Waals surface area contributed by atoms with Gasteiger partial charge in [-0.25, -0.2) is 4.98 Å². The largest absolute Gasteiger partial charge is 0.480 e. The fourth-order valence-corrected chi connectivity index (χ4v) is 4.12. The Morgan fingerprint density at radius 2 is 1.84 bits per heavy atom. The van der Waals surface area contributed by atoms with Crippen LogP contribution in [0.15, 0.2) is 30.5 Å². The summed E-state index contributed by atoms with van der Waals surface area (Å²) in [5.74, 6) is -1.51. The predicted octanol–water partition coefficient (Wildman–Crippen LogP) is 1.86. The van der Waals surface area contributed by atoms with Crippen LogP contribution in [0, 0.1) is 0 Å². The van der Waals surface area contributed by atoms with Crippen LogP contribution in [0.3, 0.4) is 0 Å². The number of carbonyl (C=O) groups excluding carboxylic acids is 1. The Morgan fingerprint density at radius 1 is 1.12 bits per heavy atom. The maximum absolute atomic E-state index is 13.2. The molecule has 1 saturated heterocycles. The standard InChI is InChI=1S/C18H16F3N7O3S/c19-18(20,21)12-4-2-1-3-11(12)16(31)26-5-7-27(8-6-26)17-22-9-13(32-17)15-23-25-28(24-15)10-14(29)30/h1-4,9H,5-8,10H2,(H,29,30). The van der Waals surface area contributed by atoms with Crippen molar-refractivity contribution in [2.75, 3.05) is 31.1 Å². The summed E-state index contributed by atoms with van der Waals surface area (Å²) in [5.41, 5.74) is -1.30. The molecule has 1 aliphatic heterocycles. The predicted molar refractivity (Wildman–Crippen MR) is 106 cm³/mol. The van der Waals surface area contributed by atoms with E-state index in [2.05, 4.69) is 20.4 Å². The van der Waals surface area contributed by atoms with Crippen molar-refractivity contribution in [2.24, 2.45) is 0 Å². The topological polar surface area (TPSA) is 117 Å². The van der Waals surface area contributed by atoms with Crippen LogP contribution in [0.25, 0.3) is 10.7 Å². The second-order valence-electron chi connectivity index (χ2n) is 6.87. The Bertz CT molecular complexity index is 1140. The number of aliphatic carboxylic acids is 1. The third-order valence-electron chi connectivity index (χ3n) is 4.74. The first kappa shape index (κ1) is 21.7. The molecule has 1 amide bonds. The summed E-state index contributed by atoms with van der Waals surface area (Å²) in [6.07, 6.45) is -3.06. The van der Waals surface area contributed by atoms with Crippen LogP contribution < -0.4 is 4.90 Å². The van der Waals surface area contributed by atoms with Gasteiger partial charge in [-0.1, -0.05) is 23.5 Å². The van der Waals surface area contributed by atoms with Gasteiger partial charge >= 0.3 is 12.1 Å². The van der Waals surface area contributed by atoms with E-state index in [9.17, 15) is 22.8 Å². The molecule has 2 aromatic heterocycles. The molecular formula is C18H16F3N7O3S. The summed E-state index contributed by atoms with van der Waals surface area (Å²) in [6.45, 7) is 0.865. The molecule has 0 bridgehead atoms. The zero-order valence-corrected chi connectivity index (χ0v) is 17.2. The van der Waals surface area contributed by atoms with Crippen molar-refractivity contribution in [2.45, 2.75) is 12.7 Å². The van der Waals surface area contributed by atoms with Gasteiger partial charge in [0, 0.05) is 26.2 Å². The molecule has 0 saturated carbocycles. The summed E-state index contributed by atoms with van der Waals surface area (Å²) in [4.78, 5) is 32.6. The Morgan fingerprint density at radius 3 is 2.53 bits per heavy atom. The van der Waals surface area contributed by atoms with Crippen LogP contribution in [-0.2, 0) is 17.5 Å². The summed E-state index contributed by atoms with van der Waals surface area (Å²) < 4.78 is 39.7. The number of hydrogen-bond donors (Lipinski definition) is 1. The molecular weight excluding hydrogens is 451 g/mol. The molecule has 0 radical (unpaired) electrons. The molecule has 4 rings (SSSR count). The number of nitrogens with zero attached hydrogens (tertiary/aromatic N) is 7. The van der Waals surface area contributed by atoms with Gasteiger partial charge in [-0.05, 0) is 17.3 Å². The van der Waals surface area contributed by atoms with Gasteiger partial charge in [-0.3, -0.25) is 9.59 Å². The van der Waals surface area contributed by atoms with Crippen molar-refractivity contribution in [3.8, 4) is 10.7 Å². The van der Waals surface area contributed by atoms with Gasteiger partial charge in [-0.15, -0.1) is 10.2 Å². The van der Waals surface area contributed by atoms with E-state index < -0.39 is 30.2 Å². The van der Waals surface area contributed by atoms with Gasteiger partial charge in [0.05, 0.1) is 22.2 Å². The van der Waals surface area contributed by atoms with E-state index in [0.717, 1.165) is 10.9 Å². The average Bonchev–Trinajstić information content (AvgIpc) is 3.42. The third-order valence-corrected chi connectivity index (χ3v) is 5.80. The summed E-state index contributed by atoms with van der Waals surface area (Å²) in [5, 5.41) is 20.9. The van der Waals surface area contributed by atoms with Crippen molar-refractivity contribution < 1.29 is 27.9 Å². The molecule has 32 heavy (non-hydrogen) atoms. The first-order chi connectivity index (χ1) is 15.2. The van der Waals surface area contributed by atoms with Crippen LogP contribution >= 0.6 is 11.3 Å². The number of hydrogen-bond acceptors (Lipinski definition) is 8. The maximum Gasteiger partial charge on any atom is 0.417 e. The van der Waals surface area contributed by atoms with E-state index in [0.29, 0.717) is 23.1 Å². The monoisotopic (exact) mass is 467 g/mol. The first-order valence-corrected chi connectivity index (χ1v) is 10.2. The van der Waals surface area contributed by atoms with Crippen LogP contribution in [0.5, 0.6) is 0 Å². The molecule has 0 unspecified atom stereocenters. The molecule has 0 atom stereocenters. The quantitative estimate of drug-likeness (QED) is 0.604. The number of halogens is 3. The highest BCUT2D eigenvalue weighted by Gasteiger charge is 2.36. The van der Waals surface area contributed by atoms with Gasteiger partial charge < -0.3 is 14.9 Å². The number of carboxylic acid groups (broad SMARTS) is 1. The number of amides is 1. The van der Waals surface area contributed by atoms with Crippen molar-refractivity contribution in [3.05, 3.63) is 41.6 Å². The van der Waals surface area contributed by atoms with Crippen LogP contribution in [0.1, 0.15) is 15.9 Å². The van der Waals surface area contributed by atoms with Crippen molar-refractivity contribution >= 4 is 28.3 Å². The lowest BCUT2D eigenvalue weighted by atomic mass is 10.1. The average molecular weight is 467 g/mol. The zero-order chi connectivity index (χ0) is 22.9. The van der Waals surface area contributed by atoms with Gasteiger partial charge in [0.2, 0.25) is 5.82 Å². The van der Waals surface area contributed by atoms with Gasteiger partial charge in [0.15, 0.2) is 11.7 Å². The minimum absolute atomic E-state index is 0.243. The highest BCUT2D eigenvalue weighted by Crippen LogP contribution is 2.33. The number of benzene rings is 1. The molecule has 10 nitrogen and oxygen atoms in total. The number of piperazine rings is 1. The summed E-state index contributed by atoms with van der Waals surface area (Å²) in [7, 11) is 0. The fourth-order valence-electron chi connectivity index (χ4n) is 3.23. The Kier molecular flexibility index (Phi) is 5.78. The zero-order valence-electron chi connectivity index (χ0n) is 16.4. The number of carboxylic acids is 1. The SMILES string of the molecule is O=C(O)Cn1nnc(-c2cnc(N3CCN(C(=O)c4ccccc4C(F)(F)F)CC3)s2)n1. The minimum atomic E-state index is -4.61. The maximum atomic E-state index is 13.2. The highest BCUT2D eigenvalue weighted by atomic mass is 32.1. The lowest BCUT2D eigenvalue weighted by Crippen LogP contribution is -2.49. The molecule has 0 spiro atoms. The molecule has 3 heterocycles. The van der Waals surface area contributed by atoms with Crippen LogP contribution in [0.4, 0.5) is 18.3 Å². The van der Waals surface area contributed by atoms with E-state index in [1.54, 1.807) is 6.20 Å². The Labute approximate surface area is 182 Å². The fraction of sp³-hybridized carbons (Fsp3) is 0.333. The normalized spacial score (nSPS) is 14.6. The van der Waals surface area contributed by atoms with E-state index in [-0.39, 0.29) is 24.5 Å². The number of rotatable bonds is 5. The van der Waals surface area contributed by atoms with E-state index in [1.165, 1.54) is 34.4 Å².